The lowest BCUT2D eigenvalue weighted by atomic mass is 10.2. The summed E-state index contributed by atoms with van der Waals surface area (Å²) >= 11 is 7.74. The molecule has 0 aromatic heterocycles. The van der Waals surface area contributed by atoms with Gasteiger partial charge in [0, 0.05) is 22.3 Å². The van der Waals surface area contributed by atoms with Gasteiger partial charge >= 0.3 is 0 Å². The van der Waals surface area contributed by atoms with Crippen LogP contribution in [0.2, 0.25) is 5.02 Å². The maximum Gasteiger partial charge on any atom is 0.151 e. The van der Waals surface area contributed by atoms with Gasteiger partial charge < -0.3 is 4.74 Å². The number of rotatable bonds is 3. The highest BCUT2D eigenvalue weighted by Crippen LogP contribution is 2.34. The van der Waals surface area contributed by atoms with E-state index in [9.17, 15) is 4.79 Å². The molecule has 0 aliphatic carbocycles. The van der Waals surface area contributed by atoms with E-state index in [1.807, 2.05) is 12.1 Å². The molecule has 0 amide bonds. The number of carbonyl (C=O) groups excluding carboxylic acids is 1. The second-order valence-electron chi connectivity index (χ2n) is 3.82. The van der Waals surface area contributed by atoms with E-state index in [2.05, 4.69) is 6.92 Å². The molecule has 0 bridgehead atoms. The minimum atomic E-state index is 0.287. The third-order valence-electron chi connectivity index (χ3n) is 2.69. The molecule has 4 heteroatoms. The van der Waals surface area contributed by atoms with E-state index in [-0.39, 0.29) is 6.10 Å². The minimum absolute atomic E-state index is 0.287. The van der Waals surface area contributed by atoms with Crippen molar-refractivity contribution in [2.75, 3.05) is 6.61 Å². The van der Waals surface area contributed by atoms with E-state index < -0.39 is 0 Å². The Morgan fingerprint density at radius 3 is 2.94 bits per heavy atom. The lowest BCUT2D eigenvalue weighted by Gasteiger charge is -2.13. The summed E-state index contributed by atoms with van der Waals surface area (Å²) < 4.78 is 5.50. The Labute approximate surface area is 104 Å². The Hall–Kier alpha value is -0.510. The molecule has 86 valence electrons. The normalized spacial score (nSPS) is 24.6. The topological polar surface area (TPSA) is 26.3 Å². The van der Waals surface area contributed by atoms with Crippen molar-refractivity contribution < 1.29 is 9.53 Å². The largest absolute Gasteiger partial charge is 0.377 e. The highest BCUT2D eigenvalue weighted by Gasteiger charge is 2.25. The number of benzene rings is 1. The summed E-state index contributed by atoms with van der Waals surface area (Å²) in [5.74, 6) is 0. The van der Waals surface area contributed by atoms with Crippen LogP contribution in [-0.2, 0) is 4.74 Å². The van der Waals surface area contributed by atoms with Crippen molar-refractivity contribution in [1.82, 2.24) is 0 Å². The average Bonchev–Trinajstić information content (AvgIpc) is 2.65. The van der Waals surface area contributed by atoms with E-state index in [4.69, 9.17) is 16.3 Å². The molecule has 2 unspecified atom stereocenters. The number of hydrogen-bond donors (Lipinski definition) is 0. The molecule has 16 heavy (non-hydrogen) atoms. The van der Waals surface area contributed by atoms with Crippen LogP contribution in [0.1, 0.15) is 23.7 Å². The Kier molecular flexibility index (Phi) is 3.90. The summed E-state index contributed by atoms with van der Waals surface area (Å²) in [5.41, 5.74) is 0.543. The third kappa shape index (κ3) is 2.59. The zero-order valence-corrected chi connectivity index (χ0v) is 10.6. The van der Waals surface area contributed by atoms with Gasteiger partial charge in [-0.05, 0) is 31.5 Å². The fourth-order valence-electron chi connectivity index (χ4n) is 1.72. The van der Waals surface area contributed by atoms with Crippen molar-refractivity contribution in [2.24, 2.45) is 0 Å². The molecule has 0 saturated carbocycles. The summed E-state index contributed by atoms with van der Waals surface area (Å²) in [6, 6.07) is 5.55. The molecule has 0 radical (unpaired) electrons. The van der Waals surface area contributed by atoms with Crippen LogP contribution in [0.3, 0.4) is 0 Å². The van der Waals surface area contributed by atoms with E-state index >= 15 is 0 Å². The van der Waals surface area contributed by atoms with Crippen LogP contribution in [0, 0.1) is 0 Å². The van der Waals surface area contributed by atoms with E-state index in [0.29, 0.717) is 15.8 Å². The first-order chi connectivity index (χ1) is 7.70. The molecule has 1 aromatic rings. The number of thioether (sulfide) groups is 1. The zero-order valence-electron chi connectivity index (χ0n) is 8.98. The van der Waals surface area contributed by atoms with Crippen LogP contribution < -0.4 is 0 Å². The van der Waals surface area contributed by atoms with Crippen molar-refractivity contribution in [2.45, 2.75) is 29.6 Å². The summed E-state index contributed by atoms with van der Waals surface area (Å²) in [6.07, 6.45) is 2.13. The molecule has 1 heterocycles. The molecule has 0 N–H and O–H groups in total. The van der Waals surface area contributed by atoms with Crippen molar-refractivity contribution in [1.29, 1.82) is 0 Å². The van der Waals surface area contributed by atoms with Gasteiger partial charge in [0.2, 0.25) is 0 Å². The van der Waals surface area contributed by atoms with Crippen LogP contribution in [0.25, 0.3) is 0 Å². The van der Waals surface area contributed by atoms with Crippen LogP contribution in [0.4, 0.5) is 0 Å². The fourth-order valence-corrected chi connectivity index (χ4v) is 3.17. The summed E-state index contributed by atoms with van der Waals surface area (Å²) in [6.45, 7) is 2.92. The molecule has 0 spiro atoms. The van der Waals surface area contributed by atoms with Gasteiger partial charge in [-0.2, -0.15) is 0 Å². The molecule has 2 nitrogen and oxygen atoms in total. The van der Waals surface area contributed by atoms with Gasteiger partial charge in [0.15, 0.2) is 6.29 Å². The Morgan fingerprint density at radius 2 is 2.38 bits per heavy atom. The first kappa shape index (κ1) is 12.0. The van der Waals surface area contributed by atoms with E-state index in [1.165, 1.54) is 0 Å². The van der Waals surface area contributed by atoms with Crippen molar-refractivity contribution in [3.05, 3.63) is 28.8 Å². The van der Waals surface area contributed by atoms with Crippen LogP contribution in [-0.4, -0.2) is 24.2 Å². The molecule has 1 aliphatic rings. The SMILES string of the molecule is CC1OCCC1Sc1ccc(C=O)c(Cl)c1. The smallest absolute Gasteiger partial charge is 0.151 e. The van der Waals surface area contributed by atoms with Gasteiger partial charge in [-0.1, -0.05) is 11.6 Å². The lowest BCUT2D eigenvalue weighted by Crippen LogP contribution is -2.12. The van der Waals surface area contributed by atoms with E-state index in [0.717, 1.165) is 24.2 Å². The van der Waals surface area contributed by atoms with Gasteiger partial charge in [0.1, 0.15) is 0 Å². The van der Waals surface area contributed by atoms with E-state index in [1.54, 1.807) is 17.8 Å². The second-order valence-corrected chi connectivity index (χ2v) is 5.54. The fraction of sp³-hybridized carbons (Fsp3) is 0.417. The molecule has 1 saturated heterocycles. The molecular formula is C12H13ClO2S. The van der Waals surface area contributed by atoms with Gasteiger partial charge in [-0.25, -0.2) is 0 Å². The number of carbonyl (C=O) groups is 1. The summed E-state index contributed by atoms with van der Waals surface area (Å²) in [5, 5.41) is 1.00. The monoisotopic (exact) mass is 256 g/mol. The molecule has 2 rings (SSSR count). The zero-order chi connectivity index (χ0) is 11.5. The highest BCUT2D eigenvalue weighted by atomic mass is 35.5. The van der Waals surface area contributed by atoms with Gasteiger partial charge in [-0.3, -0.25) is 4.79 Å². The molecule has 2 atom stereocenters. The van der Waals surface area contributed by atoms with Gasteiger partial charge in [0.25, 0.3) is 0 Å². The van der Waals surface area contributed by atoms with Gasteiger partial charge in [-0.15, -0.1) is 11.8 Å². The molecule has 1 aromatic carbocycles. The van der Waals surface area contributed by atoms with Crippen molar-refractivity contribution in [3.8, 4) is 0 Å². The Morgan fingerprint density at radius 1 is 1.56 bits per heavy atom. The van der Waals surface area contributed by atoms with Gasteiger partial charge in [0.05, 0.1) is 11.1 Å². The minimum Gasteiger partial charge on any atom is -0.377 e. The maximum atomic E-state index is 10.6. The highest BCUT2D eigenvalue weighted by molar-refractivity contribution is 8.00. The number of ether oxygens (including phenoxy) is 1. The molecule has 1 fully saturated rings. The number of hydrogen-bond acceptors (Lipinski definition) is 3. The number of halogens is 1. The first-order valence-electron chi connectivity index (χ1n) is 5.23. The first-order valence-corrected chi connectivity index (χ1v) is 6.49. The van der Waals surface area contributed by atoms with Crippen molar-refractivity contribution in [3.63, 3.8) is 0 Å². The van der Waals surface area contributed by atoms with Crippen LogP contribution in [0.5, 0.6) is 0 Å². The Bertz CT molecular complexity index is 395. The van der Waals surface area contributed by atoms with Crippen molar-refractivity contribution >= 4 is 29.6 Å². The predicted octanol–water partition coefficient (Wildman–Crippen LogP) is 3.42. The lowest BCUT2D eigenvalue weighted by molar-refractivity contribution is 0.112. The number of aldehydes is 1. The quantitative estimate of drug-likeness (QED) is 0.775. The summed E-state index contributed by atoms with van der Waals surface area (Å²) in [4.78, 5) is 11.7. The van der Waals surface area contributed by atoms with Crippen LogP contribution in [0.15, 0.2) is 23.1 Å². The Balaban J connectivity index is 2.10. The second kappa shape index (κ2) is 5.21. The van der Waals surface area contributed by atoms with Crippen LogP contribution >= 0.6 is 23.4 Å². The predicted molar refractivity (Wildman–Crippen MR) is 66.5 cm³/mol. The molecule has 1 aliphatic heterocycles. The average molecular weight is 257 g/mol. The maximum absolute atomic E-state index is 10.6. The standard InChI is InChI=1S/C12H13ClO2S/c1-8-12(4-5-15-8)16-10-3-2-9(7-14)11(13)6-10/h2-3,6-8,12H,4-5H2,1H3. The third-order valence-corrected chi connectivity index (χ3v) is 4.47. The summed E-state index contributed by atoms with van der Waals surface area (Å²) in [7, 11) is 0. The molecular weight excluding hydrogens is 244 g/mol.